The normalized spacial score (nSPS) is 18.0. The van der Waals surface area contributed by atoms with Gasteiger partial charge in [-0.15, -0.1) is 0 Å². The predicted octanol–water partition coefficient (Wildman–Crippen LogP) is 4.18. The SMILES string of the molecule is C/C=C(C)\C=C/CC1=CCCC=C1. The third-order valence-electron chi connectivity index (χ3n) is 2.26. The van der Waals surface area contributed by atoms with Crippen molar-refractivity contribution >= 4 is 0 Å². The number of hydrogen-bond donors (Lipinski definition) is 0. The molecule has 0 fully saturated rings. The van der Waals surface area contributed by atoms with Gasteiger partial charge < -0.3 is 0 Å². The highest BCUT2D eigenvalue weighted by molar-refractivity contribution is 5.26. The van der Waals surface area contributed by atoms with Crippen molar-refractivity contribution < 1.29 is 0 Å². The van der Waals surface area contributed by atoms with Crippen molar-refractivity contribution in [3.05, 3.63) is 47.6 Å². The summed E-state index contributed by atoms with van der Waals surface area (Å²) in [6.07, 6.45) is 16.9. The summed E-state index contributed by atoms with van der Waals surface area (Å²) >= 11 is 0. The standard InChI is InChI=1S/C13H18/c1-3-12(2)8-7-11-13-9-5-4-6-10-13/h3,5,7-10H,4,6,11H2,1-2H3/b8-7-,12-3-. The molecule has 0 atom stereocenters. The monoisotopic (exact) mass is 174 g/mol. The maximum Gasteiger partial charge on any atom is -0.00975 e. The minimum absolute atomic E-state index is 1.07. The zero-order chi connectivity index (χ0) is 9.52. The molecule has 0 aromatic heterocycles. The first-order valence-electron chi connectivity index (χ1n) is 4.98. The molecule has 0 aromatic carbocycles. The van der Waals surface area contributed by atoms with Gasteiger partial charge in [0.1, 0.15) is 0 Å². The smallest absolute Gasteiger partial charge is 0.00975 e. The van der Waals surface area contributed by atoms with E-state index in [4.69, 9.17) is 0 Å². The van der Waals surface area contributed by atoms with Gasteiger partial charge in [0.05, 0.1) is 0 Å². The Labute approximate surface area is 81.4 Å². The van der Waals surface area contributed by atoms with Crippen LogP contribution in [0.4, 0.5) is 0 Å². The van der Waals surface area contributed by atoms with Crippen molar-refractivity contribution in [3.63, 3.8) is 0 Å². The average Bonchev–Trinajstić information content (AvgIpc) is 2.19. The third kappa shape index (κ3) is 3.93. The number of hydrogen-bond acceptors (Lipinski definition) is 0. The van der Waals surface area contributed by atoms with Crippen LogP contribution in [0.2, 0.25) is 0 Å². The molecule has 1 aliphatic carbocycles. The first-order valence-corrected chi connectivity index (χ1v) is 4.98. The molecule has 13 heavy (non-hydrogen) atoms. The molecule has 0 N–H and O–H groups in total. The van der Waals surface area contributed by atoms with Crippen molar-refractivity contribution in [2.24, 2.45) is 0 Å². The molecule has 0 aromatic rings. The third-order valence-corrected chi connectivity index (χ3v) is 2.26. The molecule has 0 heteroatoms. The van der Waals surface area contributed by atoms with Gasteiger partial charge in [0.25, 0.3) is 0 Å². The number of rotatable bonds is 3. The Balaban J connectivity index is 2.38. The molecule has 0 amide bonds. The minimum atomic E-state index is 1.07. The van der Waals surface area contributed by atoms with Crippen LogP contribution >= 0.6 is 0 Å². The van der Waals surface area contributed by atoms with E-state index < -0.39 is 0 Å². The Kier molecular flexibility index (Phi) is 4.31. The Morgan fingerprint density at radius 2 is 2.31 bits per heavy atom. The van der Waals surface area contributed by atoms with Crippen LogP contribution < -0.4 is 0 Å². The molecule has 0 unspecified atom stereocenters. The molecular formula is C13H18. The number of allylic oxidation sites excluding steroid dienone is 8. The van der Waals surface area contributed by atoms with Gasteiger partial charge in [-0.3, -0.25) is 0 Å². The van der Waals surface area contributed by atoms with Crippen LogP contribution in [0, 0.1) is 0 Å². The zero-order valence-electron chi connectivity index (χ0n) is 8.59. The fourth-order valence-corrected chi connectivity index (χ4v) is 1.30. The summed E-state index contributed by atoms with van der Waals surface area (Å²) < 4.78 is 0. The summed E-state index contributed by atoms with van der Waals surface area (Å²) in [7, 11) is 0. The maximum atomic E-state index is 2.33. The Hall–Kier alpha value is -1.04. The van der Waals surface area contributed by atoms with Gasteiger partial charge in [0.15, 0.2) is 0 Å². The summed E-state index contributed by atoms with van der Waals surface area (Å²) in [6.45, 7) is 4.20. The highest BCUT2D eigenvalue weighted by atomic mass is 14.0. The zero-order valence-corrected chi connectivity index (χ0v) is 8.59. The second-order valence-electron chi connectivity index (χ2n) is 3.40. The largest absolute Gasteiger partial charge is 0.0847 e. The molecule has 1 aliphatic rings. The topological polar surface area (TPSA) is 0 Å². The Morgan fingerprint density at radius 3 is 2.92 bits per heavy atom. The van der Waals surface area contributed by atoms with Gasteiger partial charge >= 0.3 is 0 Å². The van der Waals surface area contributed by atoms with Gasteiger partial charge in [-0.25, -0.2) is 0 Å². The van der Waals surface area contributed by atoms with E-state index in [9.17, 15) is 0 Å². The molecule has 1 rings (SSSR count). The van der Waals surface area contributed by atoms with E-state index >= 15 is 0 Å². The lowest BCUT2D eigenvalue weighted by molar-refractivity contribution is 1.00. The van der Waals surface area contributed by atoms with E-state index in [2.05, 4.69) is 50.3 Å². The van der Waals surface area contributed by atoms with Gasteiger partial charge in [-0.05, 0) is 38.7 Å². The maximum absolute atomic E-state index is 2.33. The molecule has 0 heterocycles. The van der Waals surface area contributed by atoms with E-state index in [-0.39, 0.29) is 0 Å². The van der Waals surface area contributed by atoms with Crippen LogP contribution in [-0.2, 0) is 0 Å². The summed E-state index contributed by atoms with van der Waals surface area (Å²) in [5.74, 6) is 0. The van der Waals surface area contributed by atoms with Crippen molar-refractivity contribution in [3.8, 4) is 0 Å². The van der Waals surface area contributed by atoms with Crippen LogP contribution in [0.15, 0.2) is 47.6 Å². The molecule has 0 bridgehead atoms. The fourth-order valence-electron chi connectivity index (χ4n) is 1.30. The van der Waals surface area contributed by atoms with E-state index in [0.29, 0.717) is 0 Å². The second-order valence-corrected chi connectivity index (χ2v) is 3.40. The first kappa shape index (κ1) is 10.0. The predicted molar refractivity (Wildman–Crippen MR) is 59.6 cm³/mol. The summed E-state index contributed by atoms with van der Waals surface area (Å²) in [5, 5.41) is 0. The highest BCUT2D eigenvalue weighted by Gasteiger charge is 1.93. The molecular weight excluding hydrogens is 156 g/mol. The molecule has 0 spiro atoms. The molecule has 0 nitrogen and oxygen atoms in total. The van der Waals surface area contributed by atoms with Gasteiger partial charge in [-0.1, -0.05) is 42.0 Å². The van der Waals surface area contributed by atoms with Crippen LogP contribution in [0.5, 0.6) is 0 Å². The molecule has 0 radical (unpaired) electrons. The van der Waals surface area contributed by atoms with E-state index in [0.717, 1.165) is 6.42 Å². The molecule has 70 valence electrons. The summed E-state index contributed by atoms with van der Waals surface area (Å²) in [6, 6.07) is 0. The van der Waals surface area contributed by atoms with Crippen LogP contribution in [0.25, 0.3) is 0 Å². The van der Waals surface area contributed by atoms with Gasteiger partial charge in [0, 0.05) is 0 Å². The van der Waals surface area contributed by atoms with Crippen molar-refractivity contribution in [2.75, 3.05) is 0 Å². The van der Waals surface area contributed by atoms with Crippen molar-refractivity contribution in [2.45, 2.75) is 33.1 Å². The molecule has 0 saturated heterocycles. The Bertz CT molecular complexity index is 262. The quantitative estimate of drug-likeness (QED) is 0.563. The van der Waals surface area contributed by atoms with Crippen LogP contribution in [-0.4, -0.2) is 0 Å². The van der Waals surface area contributed by atoms with Gasteiger partial charge in [-0.2, -0.15) is 0 Å². The first-order chi connectivity index (χ1) is 6.33. The fraction of sp³-hybridized carbons (Fsp3) is 0.385. The molecule has 0 aliphatic heterocycles. The van der Waals surface area contributed by atoms with Crippen LogP contribution in [0.1, 0.15) is 33.1 Å². The van der Waals surface area contributed by atoms with Crippen molar-refractivity contribution in [1.82, 2.24) is 0 Å². The van der Waals surface area contributed by atoms with Crippen molar-refractivity contribution in [1.29, 1.82) is 0 Å². The van der Waals surface area contributed by atoms with E-state index in [1.54, 1.807) is 0 Å². The minimum Gasteiger partial charge on any atom is -0.0847 e. The average molecular weight is 174 g/mol. The lowest BCUT2D eigenvalue weighted by atomic mass is 10.0. The van der Waals surface area contributed by atoms with E-state index in [1.807, 2.05) is 0 Å². The summed E-state index contributed by atoms with van der Waals surface area (Å²) in [5.41, 5.74) is 2.78. The lowest BCUT2D eigenvalue weighted by Gasteiger charge is -2.02. The highest BCUT2D eigenvalue weighted by Crippen LogP contribution is 2.13. The van der Waals surface area contributed by atoms with E-state index in [1.165, 1.54) is 24.0 Å². The van der Waals surface area contributed by atoms with Gasteiger partial charge in [0.2, 0.25) is 0 Å². The molecule has 0 saturated carbocycles. The lowest BCUT2D eigenvalue weighted by Crippen LogP contribution is -1.82. The Morgan fingerprint density at radius 1 is 1.46 bits per heavy atom. The van der Waals surface area contributed by atoms with Crippen LogP contribution in [0.3, 0.4) is 0 Å². The summed E-state index contributed by atoms with van der Waals surface area (Å²) in [4.78, 5) is 0. The second kappa shape index (κ2) is 5.58.